The molecule has 1 saturated heterocycles. The number of hydrogen-bond acceptors (Lipinski definition) is 5. The summed E-state index contributed by atoms with van der Waals surface area (Å²) in [5, 5.41) is 9.98. The third kappa shape index (κ3) is 2.36. The Morgan fingerprint density at radius 1 is 1.30 bits per heavy atom. The number of fused-ring (bicyclic) bond motifs is 1. The van der Waals surface area contributed by atoms with E-state index in [-0.39, 0.29) is 6.10 Å². The number of aromatic nitrogens is 1. The first kappa shape index (κ1) is 13.6. The van der Waals surface area contributed by atoms with Gasteiger partial charge in [-0.05, 0) is 18.8 Å². The van der Waals surface area contributed by atoms with Crippen LogP contribution in [-0.4, -0.2) is 48.4 Å². The lowest BCUT2D eigenvalue weighted by Gasteiger charge is -2.19. The molecule has 5 heteroatoms. The molecule has 1 N–H and O–H groups in total. The van der Waals surface area contributed by atoms with Crippen LogP contribution in [0.1, 0.15) is 18.5 Å². The third-order valence-corrected chi connectivity index (χ3v) is 4.63. The van der Waals surface area contributed by atoms with E-state index < -0.39 is 0 Å². The Bertz CT molecular complexity index is 480. The lowest BCUT2D eigenvalue weighted by molar-refractivity contribution is 0.123. The highest BCUT2D eigenvalue weighted by atomic mass is 16.5. The number of rotatable bonds is 4. The van der Waals surface area contributed by atoms with Gasteiger partial charge in [-0.15, -0.1) is 0 Å². The van der Waals surface area contributed by atoms with E-state index in [2.05, 4.69) is 9.88 Å². The Balaban J connectivity index is 1.73. The highest BCUT2D eigenvalue weighted by Crippen LogP contribution is 2.39. The van der Waals surface area contributed by atoms with Gasteiger partial charge in [0.1, 0.15) is 5.69 Å². The molecule has 3 atom stereocenters. The van der Waals surface area contributed by atoms with E-state index in [4.69, 9.17) is 9.47 Å². The van der Waals surface area contributed by atoms with Crippen molar-refractivity contribution < 1.29 is 14.6 Å². The van der Waals surface area contributed by atoms with Crippen molar-refractivity contribution in [2.45, 2.75) is 25.5 Å². The minimum absolute atomic E-state index is 0.120. The molecule has 1 aromatic rings. The monoisotopic (exact) mass is 278 g/mol. The predicted molar refractivity (Wildman–Crippen MR) is 74.8 cm³/mol. The second-order valence-electron chi connectivity index (χ2n) is 5.76. The highest BCUT2D eigenvalue weighted by molar-refractivity contribution is 5.42. The Labute approximate surface area is 119 Å². The molecule has 5 nitrogen and oxygen atoms in total. The SMILES string of the molecule is COc1ccnc(CN2CC3CCC(O)C3C2)c1OC. The molecule has 1 aliphatic carbocycles. The molecule has 1 aliphatic heterocycles. The van der Waals surface area contributed by atoms with Gasteiger partial charge < -0.3 is 14.6 Å². The summed E-state index contributed by atoms with van der Waals surface area (Å²) in [5.41, 5.74) is 0.904. The van der Waals surface area contributed by atoms with Crippen molar-refractivity contribution in [2.24, 2.45) is 11.8 Å². The molecule has 0 bridgehead atoms. The standard InChI is InChI=1S/C15H22N2O3/c1-19-14-5-6-16-12(15(14)20-2)9-17-7-10-3-4-13(18)11(10)8-17/h5-6,10-11,13,18H,3-4,7-9H2,1-2H3. The fourth-order valence-electron chi connectivity index (χ4n) is 3.63. The molecule has 3 unspecified atom stereocenters. The lowest BCUT2D eigenvalue weighted by atomic mass is 10.00. The number of aliphatic hydroxyl groups excluding tert-OH is 1. The van der Waals surface area contributed by atoms with Crippen molar-refractivity contribution in [3.8, 4) is 11.5 Å². The molecule has 0 amide bonds. The minimum Gasteiger partial charge on any atom is -0.493 e. The molecule has 0 radical (unpaired) electrons. The molecule has 0 spiro atoms. The Morgan fingerprint density at radius 3 is 2.85 bits per heavy atom. The van der Waals surface area contributed by atoms with E-state index in [1.54, 1.807) is 20.4 Å². The number of nitrogens with zero attached hydrogens (tertiary/aromatic N) is 2. The van der Waals surface area contributed by atoms with Gasteiger partial charge in [-0.1, -0.05) is 0 Å². The van der Waals surface area contributed by atoms with Crippen molar-refractivity contribution in [1.82, 2.24) is 9.88 Å². The highest BCUT2D eigenvalue weighted by Gasteiger charge is 2.41. The minimum atomic E-state index is -0.120. The zero-order chi connectivity index (χ0) is 14.1. The molecule has 2 fully saturated rings. The van der Waals surface area contributed by atoms with Crippen LogP contribution in [0.3, 0.4) is 0 Å². The van der Waals surface area contributed by atoms with Gasteiger partial charge in [0.15, 0.2) is 11.5 Å². The number of aliphatic hydroxyl groups is 1. The van der Waals surface area contributed by atoms with E-state index in [0.29, 0.717) is 17.6 Å². The zero-order valence-electron chi connectivity index (χ0n) is 12.1. The molecule has 2 aliphatic rings. The van der Waals surface area contributed by atoms with Gasteiger partial charge in [-0.25, -0.2) is 0 Å². The van der Waals surface area contributed by atoms with Crippen LogP contribution >= 0.6 is 0 Å². The van der Waals surface area contributed by atoms with E-state index in [0.717, 1.165) is 43.9 Å². The molecule has 0 aromatic carbocycles. The second kappa shape index (κ2) is 5.58. The first-order valence-electron chi connectivity index (χ1n) is 7.19. The maximum absolute atomic E-state index is 9.98. The molecular weight excluding hydrogens is 256 g/mol. The van der Waals surface area contributed by atoms with E-state index >= 15 is 0 Å². The van der Waals surface area contributed by atoms with Crippen molar-refractivity contribution in [1.29, 1.82) is 0 Å². The normalized spacial score (nSPS) is 29.4. The number of pyridine rings is 1. The first-order chi connectivity index (χ1) is 9.72. The average molecular weight is 278 g/mol. The van der Waals surface area contributed by atoms with Gasteiger partial charge in [-0.3, -0.25) is 9.88 Å². The summed E-state index contributed by atoms with van der Waals surface area (Å²) in [4.78, 5) is 6.79. The van der Waals surface area contributed by atoms with Crippen LogP contribution in [0.2, 0.25) is 0 Å². The molecule has 20 heavy (non-hydrogen) atoms. The van der Waals surface area contributed by atoms with Gasteiger partial charge in [0.25, 0.3) is 0 Å². The maximum atomic E-state index is 9.98. The van der Waals surface area contributed by atoms with Gasteiger partial charge in [0, 0.05) is 37.8 Å². The molecular formula is C15H22N2O3. The van der Waals surface area contributed by atoms with Gasteiger partial charge in [-0.2, -0.15) is 0 Å². The number of likely N-dealkylation sites (tertiary alicyclic amines) is 1. The fraction of sp³-hybridized carbons (Fsp3) is 0.667. The van der Waals surface area contributed by atoms with E-state index in [1.807, 2.05) is 6.07 Å². The smallest absolute Gasteiger partial charge is 0.183 e. The fourth-order valence-corrected chi connectivity index (χ4v) is 3.63. The summed E-state index contributed by atoms with van der Waals surface area (Å²) in [7, 11) is 3.28. The summed E-state index contributed by atoms with van der Waals surface area (Å²) in [6.07, 6.45) is 3.74. The summed E-state index contributed by atoms with van der Waals surface area (Å²) in [6.45, 7) is 2.75. The second-order valence-corrected chi connectivity index (χ2v) is 5.76. The van der Waals surface area contributed by atoms with Crippen molar-refractivity contribution in [2.75, 3.05) is 27.3 Å². The summed E-state index contributed by atoms with van der Waals surface area (Å²) in [5.74, 6) is 2.51. The molecule has 3 rings (SSSR count). The molecule has 2 heterocycles. The summed E-state index contributed by atoms with van der Waals surface area (Å²) < 4.78 is 10.7. The summed E-state index contributed by atoms with van der Waals surface area (Å²) in [6, 6.07) is 1.81. The number of hydrogen-bond donors (Lipinski definition) is 1. The van der Waals surface area contributed by atoms with Gasteiger partial charge in [0.2, 0.25) is 0 Å². The van der Waals surface area contributed by atoms with Gasteiger partial charge >= 0.3 is 0 Å². The Hall–Kier alpha value is -1.33. The van der Waals surface area contributed by atoms with E-state index in [9.17, 15) is 5.11 Å². The van der Waals surface area contributed by atoms with Crippen molar-refractivity contribution in [3.05, 3.63) is 18.0 Å². The Morgan fingerprint density at radius 2 is 2.15 bits per heavy atom. The topological polar surface area (TPSA) is 54.8 Å². The van der Waals surface area contributed by atoms with Crippen LogP contribution in [0.4, 0.5) is 0 Å². The van der Waals surface area contributed by atoms with E-state index in [1.165, 1.54) is 0 Å². The zero-order valence-corrected chi connectivity index (χ0v) is 12.1. The maximum Gasteiger partial charge on any atom is 0.183 e. The largest absolute Gasteiger partial charge is 0.493 e. The predicted octanol–water partition coefficient (Wildman–Crippen LogP) is 1.30. The van der Waals surface area contributed by atoms with Crippen LogP contribution in [0.15, 0.2) is 12.3 Å². The van der Waals surface area contributed by atoms with Crippen LogP contribution in [0.25, 0.3) is 0 Å². The van der Waals surface area contributed by atoms with Gasteiger partial charge in [0.05, 0.1) is 20.3 Å². The molecule has 1 aromatic heterocycles. The lowest BCUT2D eigenvalue weighted by Crippen LogP contribution is -2.25. The van der Waals surface area contributed by atoms with Crippen LogP contribution < -0.4 is 9.47 Å². The average Bonchev–Trinajstić information content (AvgIpc) is 3.00. The number of ether oxygens (including phenoxy) is 2. The Kier molecular flexibility index (Phi) is 3.81. The van der Waals surface area contributed by atoms with Crippen LogP contribution in [-0.2, 0) is 6.54 Å². The third-order valence-electron chi connectivity index (χ3n) is 4.63. The van der Waals surface area contributed by atoms with Crippen molar-refractivity contribution in [3.63, 3.8) is 0 Å². The van der Waals surface area contributed by atoms with Crippen molar-refractivity contribution >= 4 is 0 Å². The summed E-state index contributed by atoms with van der Waals surface area (Å²) >= 11 is 0. The molecule has 110 valence electrons. The quantitative estimate of drug-likeness (QED) is 0.899. The molecule has 1 saturated carbocycles. The first-order valence-corrected chi connectivity index (χ1v) is 7.19. The van der Waals surface area contributed by atoms with Crippen LogP contribution in [0, 0.1) is 11.8 Å². The number of methoxy groups -OCH3 is 2. The van der Waals surface area contributed by atoms with Crippen LogP contribution in [0.5, 0.6) is 11.5 Å².